The zero-order chi connectivity index (χ0) is 11.4. The van der Waals surface area contributed by atoms with Gasteiger partial charge in [-0.05, 0) is 19.8 Å². The van der Waals surface area contributed by atoms with Crippen molar-refractivity contribution in [2.45, 2.75) is 45.7 Å². The molecule has 3 nitrogen and oxygen atoms in total. The van der Waals surface area contributed by atoms with Gasteiger partial charge in [0.05, 0.1) is 11.6 Å². The molecule has 3 heteroatoms. The molecular weight excluding hydrogens is 176 g/mol. The summed E-state index contributed by atoms with van der Waals surface area (Å²) in [6, 6.07) is -0.479. The number of hydrogen-bond donors (Lipinski definition) is 2. The SMILES string of the molecule is C#CC(C)(C)NC(=O)[C@@H](N)[C@@H](C)CC. The van der Waals surface area contributed by atoms with Gasteiger partial charge in [-0.2, -0.15) is 0 Å². The summed E-state index contributed by atoms with van der Waals surface area (Å²) in [6.07, 6.45) is 6.14. The van der Waals surface area contributed by atoms with Crippen LogP contribution in [0.1, 0.15) is 34.1 Å². The lowest BCUT2D eigenvalue weighted by Crippen LogP contribution is -2.51. The maximum absolute atomic E-state index is 11.6. The Morgan fingerprint density at radius 2 is 2.14 bits per heavy atom. The molecule has 3 N–H and O–H groups in total. The molecule has 14 heavy (non-hydrogen) atoms. The summed E-state index contributed by atoms with van der Waals surface area (Å²) in [4.78, 5) is 11.6. The molecule has 2 atom stereocenters. The predicted molar refractivity (Wildman–Crippen MR) is 58.5 cm³/mol. The summed E-state index contributed by atoms with van der Waals surface area (Å²) in [5.41, 5.74) is 5.13. The summed E-state index contributed by atoms with van der Waals surface area (Å²) < 4.78 is 0. The van der Waals surface area contributed by atoms with Gasteiger partial charge in [-0.1, -0.05) is 26.2 Å². The van der Waals surface area contributed by atoms with Crippen molar-refractivity contribution < 1.29 is 4.79 Å². The molecule has 0 spiro atoms. The lowest BCUT2D eigenvalue weighted by Gasteiger charge is -2.24. The number of amides is 1. The van der Waals surface area contributed by atoms with Gasteiger partial charge in [0.25, 0.3) is 0 Å². The summed E-state index contributed by atoms with van der Waals surface area (Å²) in [6.45, 7) is 7.50. The van der Waals surface area contributed by atoms with Gasteiger partial charge in [0.15, 0.2) is 0 Å². The lowest BCUT2D eigenvalue weighted by atomic mass is 9.98. The minimum absolute atomic E-state index is 0.170. The molecular formula is C11H20N2O. The second-order valence-corrected chi connectivity index (χ2v) is 4.17. The highest BCUT2D eigenvalue weighted by molar-refractivity contribution is 5.82. The fourth-order valence-electron chi connectivity index (χ4n) is 0.940. The van der Waals surface area contributed by atoms with E-state index in [1.807, 2.05) is 13.8 Å². The first-order chi connectivity index (χ1) is 6.34. The van der Waals surface area contributed by atoms with Crippen LogP contribution in [0, 0.1) is 18.3 Å². The molecule has 80 valence electrons. The monoisotopic (exact) mass is 196 g/mol. The quantitative estimate of drug-likeness (QED) is 0.656. The van der Waals surface area contributed by atoms with E-state index >= 15 is 0 Å². The highest BCUT2D eigenvalue weighted by Gasteiger charge is 2.24. The third-order valence-electron chi connectivity index (χ3n) is 2.36. The van der Waals surface area contributed by atoms with Gasteiger partial charge in [0, 0.05) is 0 Å². The molecule has 0 aliphatic heterocycles. The fraction of sp³-hybridized carbons (Fsp3) is 0.727. The Labute approximate surface area is 86.4 Å². The van der Waals surface area contributed by atoms with Crippen LogP contribution < -0.4 is 11.1 Å². The van der Waals surface area contributed by atoms with E-state index in [0.717, 1.165) is 6.42 Å². The average Bonchev–Trinajstić information content (AvgIpc) is 2.14. The van der Waals surface area contributed by atoms with Crippen molar-refractivity contribution in [3.63, 3.8) is 0 Å². The van der Waals surface area contributed by atoms with Crippen LogP contribution in [0.3, 0.4) is 0 Å². The van der Waals surface area contributed by atoms with Crippen LogP contribution in [0.4, 0.5) is 0 Å². The maximum atomic E-state index is 11.6. The molecule has 0 saturated heterocycles. The van der Waals surface area contributed by atoms with Gasteiger partial charge in [-0.25, -0.2) is 0 Å². The van der Waals surface area contributed by atoms with Crippen molar-refractivity contribution in [2.75, 3.05) is 0 Å². The zero-order valence-electron chi connectivity index (χ0n) is 9.42. The number of carbonyl (C=O) groups is 1. The number of nitrogens with one attached hydrogen (secondary N) is 1. The van der Waals surface area contributed by atoms with Crippen LogP contribution >= 0.6 is 0 Å². The molecule has 0 bridgehead atoms. The van der Waals surface area contributed by atoms with Crippen molar-refractivity contribution in [3.8, 4) is 12.3 Å². The molecule has 0 saturated carbocycles. The highest BCUT2D eigenvalue weighted by atomic mass is 16.2. The Morgan fingerprint density at radius 1 is 1.64 bits per heavy atom. The minimum atomic E-state index is -0.623. The third-order valence-corrected chi connectivity index (χ3v) is 2.36. The van der Waals surface area contributed by atoms with Crippen molar-refractivity contribution in [2.24, 2.45) is 11.7 Å². The summed E-state index contributed by atoms with van der Waals surface area (Å²) in [5, 5.41) is 2.72. The lowest BCUT2D eigenvalue weighted by molar-refractivity contribution is -0.124. The Kier molecular flexibility index (Phi) is 4.65. The molecule has 0 aliphatic rings. The van der Waals surface area contributed by atoms with E-state index in [1.54, 1.807) is 13.8 Å². The Balaban J connectivity index is 4.30. The molecule has 0 rings (SSSR count). The standard InChI is InChI=1S/C11H20N2O/c1-6-8(3)9(12)10(14)13-11(4,5)7-2/h2,8-9H,6,12H2,1,3-5H3,(H,13,14)/t8-,9-/m0/s1. The van der Waals surface area contributed by atoms with Crippen LogP contribution in [0.15, 0.2) is 0 Å². The van der Waals surface area contributed by atoms with Crippen LogP contribution in [-0.2, 0) is 4.79 Å². The van der Waals surface area contributed by atoms with Gasteiger partial charge in [0.1, 0.15) is 0 Å². The Morgan fingerprint density at radius 3 is 2.50 bits per heavy atom. The van der Waals surface area contributed by atoms with E-state index in [-0.39, 0.29) is 11.8 Å². The first-order valence-corrected chi connectivity index (χ1v) is 4.89. The number of terminal acetylenes is 1. The number of rotatable bonds is 4. The van der Waals surface area contributed by atoms with Crippen LogP contribution in [0.5, 0.6) is 0 Å². The zero-order valence-corrected chi connectivity index (χ0v) is 9.42. The summed E-state index contributed by atoms with van der Waals surface area (Å²) in [5.74, 6) is 2.49. The van der Waals surface area contributed by atoms with Crippen molar-refractivity contribution in [3.05, 3.63) is 0 Å². The highest BCUT2D eigenvalue weighted by Crippen LogP contribution is 2.07. The smallest absolute Gasteiger partial charge is 0.238 e. The Bertz CT molecular complexity index is 240. The first-order valence-electron chi connectivity index (χ1n) is 4.89. The van der Waals surface area contributed by atoms with Crippen LogP contribution in [0.2, 0.25) is 0 Å². The van der Waals surface area contributed by atoms with Gasteiger partial charge in [-0.3, -0.25) is 4.79 Å². The molecule has 0 aliphatic carbocycles. The maximum Gasteiger partial charge on any atom is 0.238 e. The van der Waals surface area contributed by atoms with Gasteiger partial charge in [-0.15, -0.1) is 6.42 Å². The van der Waals surface area contributed by atoms with E-state index in [1.165, 1.54) is 0 Å². The second-order valence-electron chi connectivity index (χ2n) is 4.17. The van der Waals surface area contributed by atoms with Gasteiger partial charge < -0.3 is 11.1 Å². The normalized spacial score (nSPS) is 15.4. The molecule has 0 aromatic heterocycles. The van der Waals surface area contributed by atoms with E-state index < -0.39 is 11.6 Å². The number of hydrogen-bond acceptors (Lipinski definition) is 2. The first kappa shape index (κ1) is 13.0. The number of carbonyl (C=O) groups excluding carboxylic acids is 1. The third kappa shape index (κ3) is 3.80. The van der Waals surface area contributed by atoms with Crippen molar-refractivity contribution >= 4 is 5.91 Å². The molecule has 1 amide bonds. The van der Waals surface area contributed by atoms with E-state index in [0.29, 0.717) is 0 Å². The minimum Gasteiger partial charge on any atom is -0.339 e. The largest absolute Gasteiger partial charge is 0.339 e. The molecule has 0 heterocycles. The van der Waals surface area contributed by atoms with E-state index in [9.17, 15) is 4.79 Å². The summed E-state index contributed by atoms with van der Waals surface area (Å²) in [7, 11) is 0. The Hall–Kier alpha value is -1.01. The topological polar surface area (TPSA) is 55.1 Å². The number of nitrogens with two attached hydrogens (primary N) is 1. The predicted octanol–water partition coefficient (Wildman–Crippen LogP) is 0.888. The molecule has 0 unspecified atom stereocenters. The molecule has 0 aromatic carbocycles. The average molecular weight is 196 g/mol. The molecule has 0 aromatic rings. The second kappa shape index (κ2) is 5.02. The molecule has 0 radical (unpaired) electrons. The van der Waals surface area contributed by atoms with Gasteiger partial charge >= 0.3 is 0 Å². The van der Waals surface area contributed by atoms with Crippen molar-refractivity contribution in [1.82, 2.24) is 5.32 Å². The van der Waals surface area contributed by atoms with Crippen molar-refractivity contribution in [1.29, 1.82) is 0 Å². The van der Waals surface area contributed by atoms with E-state index in [2.05, 4.69) is 11.2 Å². The van der Waals surface area contributed by atoms with Crippen LogP contribution in [0.25, 0.3) is 0 Å². The van der Waals surface area contributed by atoms with E-state index in [4.69, 9.17) is 12.2 Å². The fourth-order valence-corrected chi connectivity index (χ4v) is 0.940. The summed E-state index contributed by atoms with van der Waals surface area (Å²) >= 11 is 0. The molecule has 0 fully saturated rings. The van der Waals surface area contributed by atoms with Gasteiger partial charge in [0.2, 0.25) is 5.91 Å². The van der Waals surface area contributed by atoms with Crippen LogP contribution in [-0.4, -0.2) is 17.5 Å².